The van der Waals surface area contributed by atoms with Gasteiger partial charge in [0.2, 0.25) is 0 Å². The van der Waals surface area contributed by atoms with Crippen LogP contribution in [0.1, 0.15) is 39.5 Å². The number of ketones is 4. The molecule has 0 aliphatic rings. The summed E-state index contributed by atoms with van der Waals surface area (Å²) in [6, 6.07) is 0. The zero-order valence-electron chi connectivity index (χ0n) is 11.3. The molecule has 0 rings (SSSR count). The molecule has 0 spiro atoms. The first kappa shape index (κ1) is 16.6. The smallest absolute Gasteiger partial charge is 0.147 e. The van der Waals surface area contributed by atoms with Gasteiger partial charge in [-0.1, -0.05) is 0 Å². The van der Waals surface area contributed by atoms with Crippen molar-refractivity contribution in [2.75, 3.05) is 20.1 Å². The summed E-state index contributed by atoms with van der Waals surface area (Å²) in [5, 5.41) is 0. The molecule has 102 valence electrons. The third kappa shape index (κ3) is 9.84. The standard InChI is InChI=1S/C13H21NO4/c1-10(15)4-6-12(17)8-14(3)9-13(18)7-5-11(2)16/h4-9H2,1-3H3. The van der Waals surface area contributed by atoms with E-state index in [1.165, 1.54) is 13.8 Å². The molecule has 0 radical (unpaired) electrons. The summed E-state index contributed by atoms with van der Waals surface area (Å²) >= 11 is 0. The van der Waals surface area contributed by atoms with E-state index in [0.29, 0.717) is 0 Å². The van der Waals surface area contributed by atoms with Gasteiger partial charge >= 0.3 is 0 Å². The minimum absolute atomic E-state index is 0.0106. The molecule has 0 heterocycles. The monoisotopic (exact) mass is 255 g/mol. The van der Waals surface area contributed by atoms with Gasteiger partial charge in [-0.05, 0) is 20.9 Å². The van der Waals surface area contributed by atoms with Gasteiger partial charge in [-0.2, -0.15) is 0 Å². The number of hydrogen-bond donors (Lipinski definition) is 0. The van der Waals surface area contributed by atoms with E-state index in [1.54, 1.807) is 11.9 Å². The van der Waals surface area contributed by atoms with Crippen molar-refractivity contribution in [3.8, 4) is 0 Å². The molecule has 0 aromatic rings. The number of nitrogens with zero attached hydrogens (tertiary/aromatic N) is 1. The zero-order valence-corrected chi connectivity index (χ0v) is 11.3. The van der Waals surface area contributed by atoms with Gasteiger partial charge in [-0.15, -0.1) is 0 Å². The molecular formula is C13H21NO4. The van der Waals surface area contributed by atoms with Gasteiger partial charge in [-0.25, -0.2) is 0 Å². The molecule has 0 aromatic heterocycles. The number of hydrogen-bond acceptors (Lipinski definition) is 5. The highest BCUT2D eigenvalue weighted by Crippen LogP contribution is 1.97. The van der Waals surface area contributed by atoms with Crippen LogP contribution in [0, 0.1) is 0 Å². The predicted octanol–water partition coefficient (Wildman–Crippen LogP) is 0.795. The summed E-state index contributed by atoms with van der Waals surface area (Å²) in [6.45, 7) is 3.22. The highest BCUT2D eigenvalue weighted by molar-refractivity contribution is 5.88. The lowest BCUT2D eigenvalue weighted by Gasteiger charge is -2.14. The zero-order chi connectivity index (χ0) is 14.1. The molecule has 0 saturated heterocycles. The van der Waals surface area contributed by atoms with Crippen molar-refractivity contribution >= 4 is 23.1 Å². The minimum atomic E-state index is -0.0490. The van der Waals surface area contributed by atoms with Crippen LogP contribution in [-0.2, 0) is 19.2 Å². The van der Waals surface area contributed by atoms with Crippen LogP contribution in [0.4, 0.5) is 0 Å². The van der Waals surface area contributed by atoms with E-state index in [0.717, 1.165) is 0 Å². The second-order valence-electron chi connectivity index (χ2n) is 4.65. The maximum atomic E-state index is 11.4. The van der Waals surface area contributed by atoms with E-state index in [-0.39, 0.29) is 61.9 Å². The van der Waals surface area contributed by atoms with Gasteiger partial charge in [0.15, 0.2) is 0 Å². The first-order valence-electron chi connectivity index (χ1n) is 6.02. The van der Waals surface area contributed by atoms with Gasteiger partial charge in [0.05, 0.1) is 13.1 Å². The predicted molar refractivity (Wildman–Crippen MR) is 67.3 cm³/mol. The van der Waals surface area contributed by atoms with E-state index in [4.69, 9.17) is 0 Å². The number of carbonyl (C=O) groups is 4. The molecule has 0 amide bonds. The van der Waals surface area contributed by atoms with Crippen molar-refractivity contribution in [2.45, 2.75) is 39.5 Å². The lowest BCUT2D eigenvalue weighted by molar-refractivity contribution is -0.126. The Morgan fingerprint density at radius 3 is 1.33 bits per heavy atom. The van der Waals surface area contributed by atoms with Crippen molar-refractivity contribution in [2.24, 2.45) is 0 Å². The van der Waals surface area contributed by atoms with Gasteiger partial charge < -0.3 is 9.59 Å². The Bertz CT molecular complexity index is 304. The van der Waals surface area contributed by atoms with Crippen LogP contribution in [0.3, 0.4) is 0 Å². The number of rotatable bonds is 10. The van der Waals surface area contributed by atoms with Crippen molar-refractivity contribution < 1.29 is 19.2 Å². The fourth-order valence-electron chi connectivity index (χ4n) is 1.45. The van der Waals surface area contributed by atoms with Crippen molar-refractivity contribution in [3.05, 3.63) is 0 Å². The minimum Gasteiger partial charge on any atom is -0.300 e. The van der Waals surface area contributed by atoms with Crippen molar-refractivity contribution in [1.29, 1.82) is 0 Å². The lowest BCUT2D eigenvalue weighted by atomic mass is 10.1. The molecule has 0 aromatic carbocycles. The molecule has 0 bridgehead atoms. The Kier molecular flexibility index (Phi) is 8.03. The topological polar surface area (TPSA) is 71.5 Å². The van der Waals surface area contributed by atoms with Crippen LogP contribution in [0.5, 0.6) is 0 Å². The Morgan fingerprint density at radius 2 is 1.06 bits per heavy atom. The molecule has 0 aliphatic heterocycles. The van der Waals surface area contributed by atoms with Gasteiger partial charge in [-0.3, -0.25) is 14.5 Å². The highest BCUT2D eigenvalue weighted by atomic mass is 16.1. The van der Waals surface area contributed by atoms with Crippen LogP contribution in [0.25, 0.3) is 0 Å². The summed E-state index contributed by atoms with van der Waals surface area (Å²) in [7, 11) is 1.68. The average molecular weight is 255 g/mol. The van der Waals surface area contributed by atoms with Gasteiger partial charge in [0.25, 0.3) is 0 Å². The second kappa shape index (κ2) is 8.69. The molecule has 0 unspecified atom stereocenters. The summed E-state index contributed by atoms with van der Waals surface area (Å²) in [6.07, 6.45) is 0.957. The Morgan fingerprint density at radius 1 is 0.722 bits per heavy atom. The Labute approximate surface area is 108 Å². The molecule has 5 nitrogen and oxygen atoms in total. The third-order valence-electron chi connectivity index (χ3n) is 2.40. The van der Waals surface area contributed by atoms with E-state index in [9.17, 15) is 19.2 Å². The van der Waals surface area contributed by atoms with Crippen LogP contribution >= 0.6 is 0 Å². The first-order valence-corrected chi connectivity index (χ1v) is 6.02. The summed E-state index contributed by atoms with van der Waals surface area (Å²) in [4.78, 5) is 45.9. The van der Waals surface area contributed by atoms with Crippen LogP contribution in [-0.4, -0.2) is 48.2 Å². The number of Topliss-reactive ketones (excluding diaryl/α,β-unsaturated/α-hetero) is 4. The molecule has 0 atom stereocenters. The van der Waals surface area contributed by atoms with E-state index in [2.05, 4.69) is 0 Å². The third-order valence-corrected chi connectivity index (χ3v) is 2.40. The van der Waals surface area contributed by atoms with Crippen LogP contribution in [0.15, 0.2) is 0 Å². The fourth-order valence-corrected chi connectivity index (χ4v) is 1.45. The van der Waals surface area contributed by atoms with Crippen molar-refractivity contribution in [1.82, 2.24) is 4.90 Å². The molecule has 5 heteroatoms. The molecule has 18 heavy (non-hydrogen) atoms. The van der Waals surface area contributed by atoms with Crippen molar-refractivity contribution in [3.63, 3.8) is 0 Å². The fraction of sp³-hybridized carbons (Fsp3) is 0.692. The summed E-state index contributed by atoms with van der Waals surface area (Å²) in [5.41, 5.74) is 0. The molecule has 0 saturated carbocycles. The molecular weight excluding hydrogens is 234 g/mol. The number of likely N-dealkylation sites (N-methyl/N-ethyl adjacent to an activating group) is 1. The highest BCUT2D eigenvalue weighted by Gasteiger charge is 2.11. The largest absolute Gasteiger partial charge is 0.300 e. The SMILES string of the molecule is CC(=O)CCC(=O)CN(C)CC(=O)CCC(C)=O. The summed E-state index contributed by atoms with van der Waals surface area (Å²) < 4.78 is 0. The maximum absolute atomic E-state index is 11.4. The maximum Gasteiger partial charge on any atom is 0.147 e. The van der Waals surface area contributed by atoms with Crippen LogP contribution < -0.4 is 0 Å². The van der Waals surface area contributed by atoms with Gasteiger partial charge in [0, 0.05) is 25.7 Å². The molecule has 0 N–H and O–H groups in total. The summed E-state index contributed by atoms with van der Waals surface area (Å²) in [5.74, 6) is -0.119. The number of carbonyl (C=O) groups excluding carboxylic acids is 4. The van der Waals surface area contributed by atoms with E-state index < -0.39 is 0 Å². The van der Waals surface area contributed by atoms with Crippen LogP contribution in [0.2, 0.25) is 0 Å². The van der Waals surface area contributed by atoms with E-state index >= 15 is 0 Å². The Hall–Kier alpha value is -1.36. The quantitative estimate of drug-likeness (QED) is 0.577. The lowest BCUT2D eigenvalue weighted by Crippen LogP contribution is -2.31. The Balaban J connectivity index is 3.84. The normalized spacial score (nSPS) is 10.4. The molecule has 0 aliphatic carbocycles. The van der Waals surface area contributed by atoms with E-state index in [1.807, 2.05) is 0 Å². The molecule has 0 fully saturated rings. The first-order chi connectivity index (χ1) is 8.31. The average Bonchev–Trinajstić information content (AvgIpc) is 2.23. The second-order valence-corrected chi connectivity index (χ2v) is 4.65. The van der Waals surface area contributed by atoms with Gasteiger partial charge in [0.1, 0.15) is 23.1 Å².